The van der Waals surface area contributed by atoms with Crippen LogP contribution in [-0.2, 0) is 6.54 Å². The molecule has 2 aromatic heterocycles. The fourth-order valence-electron chi connectivity index (χ4n) is 2.91. The van der Waals surface area contributed by atoms with Crippen molar-refractivity contribution in [2.24, 2.45) is 0 Å². The van der Waals surface area contributed by atoms with E-state index in [1.807, 2.05) is 6.07 Å². The van der Waals surface area contributed by atoms with E-state index in [-0.39, 0.29) is 18.3 Å². The van der Waals surface area contributed by atoms with Gasteiger partial charge >= 0.3 is 0 Å². The van der Waals surface area contributed by atoms with Crippen LogP contribution in [0.2, 0.25) is 5.02 Å². The van der Waals surface area contributed by atoms with E-state index in [4.69, 9.17) is 16.1 Å². The van der Waals surface area contributed by atoms with Crippen LogP contribution in [0.25, 0.3) is 22.3 Å². The van der Waals surface area contributed by atoms with E-state index in [0.29, 0.717) is 38.6 Å². The predicted molar refractivity (Wildman–Crippen MR) is 98.9 cm³/mol. The highest BCUT2D eigenvalue weighted by Crippen LogP contribution is 2.23. The molecule has 1 amide bonds. The highest BCUT2D eigenvalue weighted by Gasteiger charge is 2.17. The minimum absolute atomic E-state index is 0.0494. The van der Waals surface area contributed by atoms with Crippen LogP contribution in [0.3, 0.4) is 0 Å². The number of carbonyl (C=O) groups is 1. The smallest absolute Gasteiger partial charge is 0.254 e. The molecule has 2 aromatic carbocycles. The van der Waals surface area contributed by atoms with E-state index >= 15 is 0 Å². The molecule has 0 aliphatic heterocycles. The molecule has 0 bridgehead atoms. The van der Waals surface area contributed by atoms with Crippen molar-refractivity contribution in [2.75, 3.05) is 0 Å². The van der Waals surface area contributed by atoms with Gasteiger partial charge in [-0.2, -0.15) is 4.98 Å². The lowest BCUT2D eigenvalue weighted by molar-refractivity contribution is 0.0947. The molecule has 8 heteroatoms. The Morgan fingerprint density at radius 1 is 1.30 bits per heavy atom. The van der Waals surface area contributed by atoms with Crippen molar-refractivity contribution in [3.05, 3.63) is 70.5 Å². The number of aromatic nitrogens is 3. The van der Waals surface area contributed by atoms with E-state index < -0.39 is 5.82 Å². The Hall–Kier alpha value is -3.19. The van der Waals surface area contributed by atoms with Gasteiger partial charge in [-0.25, -0.2) is 4.39 Å². The Morgan fingerprint density at radius 3 is 2.96 bits per heavy atom. The van der Waals surface area contributed by atoms with Crippen molar-refractivity contribution in [1.82, 2.24) is 20.4 Å². The van der Waals surface area contributed by atoms with E-state index in [1.165, 1.54) is 12.1 Å². The number of rotatable bonds is 4. The van der Waals surface area contributed by atoms with Crippen molar-refractivity contribution in [2.45, 2.75) is 13.5 Å². The molecule has 4 rings (SSSR count). The molecule has 2 N–H and O–H groups in total. The number of fused-ring (bicyclic) bond motifs is 1. The monoisotopic (exact) mass is 384 g/mol. The second-order valence-electron chi connectivity index (χ2n) is 6.02. The van der Waals surface area contributed by atoms with Crippen molar-refractivity contribution in [3.8, 4) is 11.4 Å². The molecule has 6 nitrogen and oxygen atoms in total. The lowest BCUT2D eigenvalue weighted by Crippen LogP contribution is -2.23. The summed E-state index contributed by atoms with van der Waals surface area (Å²) in [6.45, 7) is 1.81. The average Bonchev–Trinajstić information content (AvgIpc) is 3.23. The van der Waals surface area contributed by atoms with E-state index in [9.17, 15) is 9.18 Å². The van der Waals surface area contributed by atoms with Crippen LogP contribution in [0.1, 0.15) is 21.9 Å². The summed E-state index contributed by atoms with van der Waals surface area (Å²) in [4.78, 5) is 19.9. The first kappa shape index (κ1) is 17.2. The molecule has 0 saturated heterocycles. The Labute approximate surface area is 158 Å². The Morgan fingerprint density at radius 2 is 2.15 bits per heavy atom. The fourth-order valence-corrected chi connectivity index (χ4v) is 3.10. The Balaban J connectivity index is 1.52. The first-order valence-corrected chi connectivity index (χ1v) is 8.53. The lowest BCUT2D eigenvalue weighted by Gasteiger charge is -2.02. The molecular formula is C19H14ClFN4O2. The number of carbonyl (C=O) groups excluding carboxylic acids is 1. The van der Waals surface area contributed by atoms with Gasteiger partial charge in [0.2, 0.25) is 11.7 Å². The normalized spacial score (nSPS) is 11.1. The van der Waals surface area contributed by atoms with Gasteiger partial charge < -0.3 is 14.8 Å². The predicted octanol–water partition coefficient (Wildman–Crippen LogP) is 4.25. The zero-order valence-electron chi connectivity index (χ0n) is 14.2. The molecule has 4 aromatic rings. The fraction of sp³-hybridized carbons (Fsp3) is 0.105. The number of amides is 1. The van der Waals surface area contributed by atoms with Crippen LogP contribution < -0.4 is 5.32 Å². The molecule has 136 valence electrons. The molecule has 0 atom stereocenters. The standard InChI is InChI=1S/C19H14ClFN4O2/c1-10-17(14-8-13(21)5-6-15(14)23-10)19(26)22-9-16-24-18(25-27-16)11-3-2-4-12(20)7-11/h2-8,23H,9H2,1H3,(H,22,26). The van der Waals surface area contributed by atoms with Crippen LogP contribution in [0.5, 0.6) is 0 Å². The second kappa shape index (κ2) is 6.85. The van der Waals surface area contributed by atoms with Gasteiger partial charge in [0, 0.05) is 27.2 Å². The van der Waals surface area contributed by atoms with Gasteiger partial charge in [-0.1, -0.05) is 28.9 Å². The van der Waals surface area contributed by atoms with Gasteiger partial charge in [0.05, 0.1) is 12.1 Å². The molecule has 27 heavy (non-hydrogen) atoms. The highest BCUT2D eigenvalue weighted by molar-refractivity contribution is 6.30. The van der Waals surface area contributed by atoms with Gasteiger partial charge in [0.15, 0.2) is 0 Å². The maximum absolute atomic E-state index is 13.5. The summed E-state index contributed by atoms with van der Waals surface area (Å²) in [5.41, 5.74) is 2.45. The topological polar surface area (TPSA) is 83.8 Å². The summed E-state index contributed by atoms with van der Waals surface area (Å²) < 4.78 is 18.7. The number of aryl methyl sites for hydroxylation is 1. The van der Waals surface area contributed by atoms with Crippen molar-refractivity contribution < 1.29 is 13.7 Å². The number of hydrogen-bond acceptors (Lipinski definition) is 4. The zero-order valence-corrected chi connectivity index (χ0v) is 15.0. The average molecular weight is 385 g/mol. The molecule has 0 aliphatic carbocycles. The molecule has 0 fully saturated rings. The second-order valence-corrected chi connectivity index (χ2v) is 6.46. The van der Waals surface area contributed by atoms with Crippen LogP contribution in [0, 0.1) is 12.7 Å². The van der Waals surface area contributed by atoms with E-state index in [1.54, 1.807) is 31.2 Å². The quantitative estimate of drug-likeness (QED) is 0.551. The van der Waals surface area contributed by atoms with E-state index in [2.05, 4.69) is 20.4 Å². The molecule has 0 unspecified atom stereocenters. The minimum Gasteiger partial charge on any atom is -0.358 e. The third-order valence-electron chi connectivity index (χ3n) is 4.13. The molecule has 0 spiro atoms. The van der Waals surface area contributed by atoms with Crippen LogP contribution in [0.4, 0.5) is 4.39 Å². The first-order valence-electron chi connectivity index (χ1n) is 8.16. The molecule has 2 heterocycles. The molecule has 0 saturated carbocycles. The summed E-state index contributed by atoms with van der Waals surface area (Å²) in [5.74, 6) is -0.125. The summed E-state index contributed by atoms with van der Waals surface area (Å²) >= 11 is 5.96. The molecular weight excluding hydrogens is 371 g/mol. The van der Waals surface area contributed by atoms with Crippen molar-refractivity contribution >= 4 is 28.4 Å². The first-order chi connectivity index (χ1) is 13.0. The maximum atomic E-state index is 13.5. The third-order valence-corrected chi connectivity index (χ3v) is 4.36. The summed E-state index contributed by atoms with van der Waals surface area (Å²) in [6, 6.07) is 11.3. The summed E-state index contributed by atoms with van der Waals surface area (Å²) in [6.07, 6.45) is 0. The number of nitrogens with one attached hydrogen (secondary N) is 2. The number of hydrogen-bond donors (Lipinski definition) is 2. The van der Waals surface area contributed by atoms with Gasteiger partial charge in [0.1, 0.15) is 5.82 Å². The zero-order chi connectivity index (χ0) is 19.0. The summed E-state index contributed by atoms with van der Waals surface area (Å²) in [7, 11) is 0. The van der Waals surface area contributed by atoms with Gasteiger partial charge in [0.25, 0.3) is 5.91 Å². The number of H-pyrrole nitrogens is 1. The van der Waals surface area contributed by atoms with Crippen LogP contribution in [0.15, 0.2) is 47.0 Å². The van der Waals surface area contributed by atoms with Gasteiger partial charge in [-0.05, 0) is 37.3 Å². The SMILES string of the molecule is Cc1[nH]c2ccc(F)cc2c1C(=O)NCc1nc(-c2cccc(Cl)c2)no1. The largest absolute Gasteiger partial charge is 0.358 e. The lowest BCUT2D eigenvalue weighted by atomic mass is 10.1. The maximum Gasteiger partial charge on any atom is 0.254 e. The van der Waals surface area contributed by atoms with Crippen molar-refractivity contribution in [3.63, 3.8) is 0 Å². The number of nitrogens with zero attached hydrogens (tertiary/aromatic N) is 2. The number of benzene rings is 2. The van der Waals surface area contributed by atoms with E-state index in [0.717, 1.165) is 0 Å². The molecule has 0 aliphatic rings. The van der Waals surface area contributed by atoms with Gasteiger partial charge in [-0.15, -0.1) is 0 Å². The third kappa shape index (κ3) is 3.41. The van der Waals surface area contributed by atoms with Gasteiger partial charge in [-0.3, -0.25) is 4.79 Å². The Bertz CT molecular complexity index is 1150. The van der Waals surface area contributed by atoms with Crippen molar-refractivity contribution in [1.29, 1.82) is 0 Å². The highest BCUT2D eigenvalue weighted by atomic mass is 35.5. The van der Waals surface area contributed by atoms with Crippen LogP contribution in [-0.4, -0.2) is 21.0 Å². The van der Waals surface area contributed by atoms with Crippen LogP contribution >= 0.6 is 11.6 Å². The minimum atomic E-state index is -0.404. The number of aromatic amines is 1. The number of halogens is 2. The Kier molecular flexibility index (Phi) is 4.37. The summed E-state index contributed by atoms with van der Waals surface area (Å²) in [5, 5.41) is 7.71. The molecule has 0 radical (unpaired) electrons.